The lowest BCUT2D eigenvalue weighted by Gasteiger charge is -2.19. The number of carbonyl (C=O) groups is 2. The van der Waals surface area contributed by atoms with Gasteiger partial charge in [0.15, 0.2) is 0 Å². The fraction of sp³-hybridized carbons (Fsp3) is 0.240. The van der Waals surface area contributed by atoms with Crippen molar-refractivity contribution in [1.82, 2.24) is 15.8 Å². The topological polar surface area (TPSA) is 100 Å². The summed E-state index contributed by atoms with van der Waals surface area (Å²) in [7, 11) is 0. The van der Waals surface area contributed by atoms with E-state index >= 15 is 0 Å². The molecule has 1 aromatic heterocycles. The highest BCUT2D eigenvalue weighted by Gasteiger charge is 2.32. The van der Waals surface area contributed by atoms with Crippen LogP contribution in [-0.2, 0) is 18.2 Å². The SMILES string of the molecule is CC(C)(C)c1ccc(OCc2ccc(C(=O)NNC(=O)c3ccc(C(F)(F)F)[nH]c3=O)cc2)cc1. The van der Waals surface area contributed by atoms with Crippen molar-refractivity contribution in [3.63, 3.8) is 0 Å². The number of rotatable bonds is 5. The van der Waals surface area contributed by atoms with Crippen LogP contribution in [0.3, 0.4) is 0 Å². The average molecular weight is 487 g/mol. The van der Waals surface area contributed by atoms with Crippen LogP contribution in [0.4, 0.5) is 13.2 Å². The van der Waals surface area contributed by atoms with E-state index in [9.17, 15) is 27.6 Å². The Morgan fingerprint density at radius 2 is 1.46 bits per heavy atom. The van der Waals surface area contributed by atoms with E-state index in [-0.39, 0.29) is 17.6 Å². The number of hydrazine groups is 1. The molecule has 35 heavy (non-hydrogen) atoms. The highest BCUT2D eigenvalue weighted by molar-refractivity contribution is 5.98. The molecule has 1 heterocycles. The van der Waals surface area contributed by atoms with E-state index in [0.29, 0.717) is 11.8 Å². The number of aromatic amines is 1. The van der Waals surface area contributed by atoms with Gasteiger partial charge in [-0.05, 0) is 52.9 Å². The van der Waals surface area contributed by atoms with Gasteiger partial charge in [-0.2, -0.15) is 13.2 Å². The van der Waals surface area contributed by atoms with Crippen LogP contribution in [0.1, 0.15) is 58.3 Å². The summed E-state index contributed by atoms with van der Waals surface area (Å²) in [6.07, 6.45) is -4.75. The van der Waals surface area contributed by atoms with Crippen LogP contribution in [0.15, 0.2) is 65.5 Å². The zero-order valence-corrected chi connectivity index (χ0v) is 19.2. The number of aromatic nitrogens is 1. The van der Waals surface area contributed by atoms with Crippen LogP contribution in [0, 0.1) is 0 Å². The molecule has 0 aliphatic rings. The maximum absolute atomic E-state index is 12.6. The zero-order valence-electron chi connectivity index (χ0n) is 19.2. The molecule has 3 rings (SSSR count). The highest BCUT2D eigenvalue weighted by atomic mass is 19.4. The third-order valence-corrected chi connectivity index (χ3v) is 5.09. The maximum Gasteiger partial charge on any atom is 0.431 e. The maximum atomic E-state index is 12.6. The molecular formula is C25H24F3N3O4. The minimum Gasteiger partial charge on any atom is -0.489 e. The molecule has 0 spiro atoms. The number of pyridine rings is 1. The van der Waals surface area contributed by atoms with Crippen molar-refractivity contribution in [2.75, 3.05) is 0 Å². The quantitative estimate of drug-likeness (QED) is 0.466. The van der Waals surface area contributed by atoms with Crippen LogP contribution >= 0.6 is 0 Å². The summed E-state index contributed by atoms with van der Waals surface area (Å²) in [5.41, 5.74) is 3.28. The first-order chi connectivity index (χ1) is 16.3. The first-order valence-electron chi connectivity index (χ1n) is 10.6. The largest absolute Gasteiger partial charge is 0.489 e. The molecule has 3 aromatic rings. The minimum atomic E-state index is -4.75. The Kier molecular flexibility index (Phi) is 7.33. The van der Waals surface area contributed by atoms with Crippen LogP contribution < -0.4 is 21.1 Å². The molecule has 0 atom stereocenters. The second-order valence-corrected chi connectivity index (χ2v) is 8.78. The van der Waals surface area contributed by atoms with Crippen molar-refractivity contribution in [3.8, 4) is 5.75 Å². The normalized spacial score (nSPS) is 11.6. The molecule has 2 aromatic carbocycles. The summed E-state index contributed by atoms with van der Waals surface area (Å²) in [6.45, 7) is 6.66. The van der Waals surface area contributed by atoms with Crippen molar-refractivity contribution in [2.45, 2.75) is 39.0 Å². The summed E-state index contributed by atoms with van der Waals surface area (Å²) in [5.74, 6) is -1.02. The summed E-state index contributed by atoms with van der Waals surface area (Å²) < 4.78 is 43.6. The van der Waals surface area contributed by atoms with Gasteiger partial charge in [-0.25, -0.2) is 0 Å². The van der Waals surface area contributed by atoms with Crippen LogP contribution in [0.5, 0.6) is 5.75 Å². The average Bonchev–Trinajstić information content (AvgIpc) is 2.80. The minimum absolute atomic E-state index is 0.0435. The van der Waals surface area contributed by atoms with Crippen LogP contribution in [0.2, 0.25) is 0 Å². The second-order valence-electron chi connectivity index (χ2n) is 8.78. The fourth-order valence-electron chi connectivity index (χ4n) is 3.04. The molecule has 0 saturated carbocycles. The van der Waals surface area contributed by atoms with E-state index < -0.39 is 34.8 Å². The van der Waals surface area contributed by atoms with E-state index in [1.807, 2.05) is 29.7 Å². The van der Waals surface area contributed by atoms with Crippen molar-refractivity contribution < 1.29 is 27.5 Å². The van der Waals surface area contributed by atoms with E-state index in [1.165, 1.54) is 17.7 Å². The summed E-state index contributed by atoms with van der Waals surface area (Å²) in [5, 5.41) is 0. The van der Waals surface area contributed by atoms with Gasteiger partial charge in [-0.15, -0.1) is 0 Å². The Hall–Kier alpha value is -4.08. The summed E-state index contributed by atoms with van der Waals surface area (Å²) >= 11 is 0. The second kappa shape index (κ2) is 10.0. The molecule has 7 nitrogen and oxygen atoms in total. The standard InChI is InChI=1S/C25H24F3N3O4/c1-24(2,3)17-8-10-18(11-9-17)35-14-15-4-6-16(7-5-15)21(32)30-31-23(34)19-12-13-20(25(26,27)28)29-22(19)33/h4-13H,14H2,1-3H3,(H,29,33)(H,30,32)(H,31,34). The van der Waals surface area contributed by atoms with Crippen molar-refractivity contribution in [3.05, 3.63) is 99.0 Å². The number of alkyl halides is 3. The van der Waals surface area contributed by atoms with Crippen LogP contribution in [0.25, 0.3) is 0 Å². The molecule has 0 saturated heterocycles. The molecule has 0 bridgehead atoms. The Morgan fingerprint density at radius 1 is 0.857 bits per heavy atom. The molecule has 10 heteroatoms. The van der Waals surface area contributed by atoms with E-state index in [0.717, 1.165) is 11.6 Å². The van der Waals surface area contributed by atoms with Crippen molar-refractivity contribution in [1.29, 1.82) is 0 Å². The molecule has 0 fully saturated rings. The Labute approximate surface area is 199 Å². The molecule has 3 N–H and O–H groups in total. The van der Waals surface area contributed by atoms with Gasteiger partial charge in [0.1, 0.15) is 23.6 Å². The number of nitrogens with one attached hydrogen (secondary N) is 3. The number of hydrogen-bond donors (Lipinski definition) is 3. The van der Waals surface area contributed by atoms with E-state index in [4.69, 9.17) is 4.74 Å². The highest BCUT2D eigenvalue weighted by Crippen LogP contribution is 2.26. The summed E-state index contributed by atoms with van der Waals surface area (Å²) in [4.78, 5) is 37.7. The Balaban J connectivity index is 1.53. The molecular weight excluding hydrogens is 463 g/mol. The monoisotopic (exact) mass is 487 g/mol. The predicted molar refractivity (Wildman–Crippen MR) is 123 cm³/mol. The zero-order chi connectivity index (χ0) is 25.8. The number of carbonyl (C=O) groups excluding carboxylic acids is 2. The third-order valence-electron chi connectivity index (χ3n) is 5.09. The number of halogens is 3. The van der Waals surface area contributed by atoms with Gasteiger partial charge in [0.25, 0.3) is 17.4 Å². The number of amides is 2. The van der Waals surface area contributed by atoms with Crippen LogP contribution in [-0.4, -0.2) is 16.8 Å². The van der Waals surface area contributed by atoms with Gasteiger partial charge in [-0.1, -0.05) is 45.0 Å². The van der Waals surface area contributed by atoms with Gasteiger partial charge < -0.3 is 9.72 Å². The third kappa shape index (κ3) is 6.72. The van der Waals surface area contributed by atoms with Gasteiger partial charge >= 0.3 is 6.18 Å². The smallest absolute Gasteiger partial charge is 0.431 e. The number of H-pyrrole nitrogens is 1. The summed E-state index contributed by atoms with van der Waals surface area (Å²) in [6, 6.07) is 15.5. The lowest BCUT2D eigenvalue weighted by Crippen LogP contribution is -2.43. The van der Waals surface area contributed by atoms with Crippen molar-refractivity contribution >= 4 is 11.8 Å². The molecule has 0 aliphatic heterocycles. The lowest BCUT2D eigenvalue weighted by atomic mass is 9.87. The lowest BCUT2D eigenvalue weighted by molar-refractivity contribution is -0.141. The van der Waals surface area contributed by atoms with E-state index in [1.54, 1.807) is 17.1 Å². The van der Waals surface area contributed by atoms with Gasteiger partial charge in [0.05, 0.1) is 0 Å². The van der Waals surface area contributed by atoms with Crippen molar-refractivity contribution in [2.24, 2.45) is 0 Å². The van der Waals surface area contributed by atoms with E-state index in [2.05, 4.69) is 26.2 Å². The molecule has 0 radical (unpaired) electrons. The number of ether oxygens (including phenoxy) is 1. The number of benzene rings is 2. The Morgan fingerprint density at radius 3 is 2.00 bits per heavy atom. The van der Waals surface area contributed by atoms with Gasteiger partial charge in [-0.3, -0.25) is 25.2 Å². The molecule has 0 unspecified atom stereocenters. The first-order valence-corrected chi connectivity index (χ1v) is 10.6. The Bertz CT molecular complexity index is 1260. The molecule has 184 valence electrons. The van der Waals surface area contributed by atoms with Gasteiger partial charge in [0, 0.05) is 5.56 Å². The fourth-order valence-corrected chi connectivity index (χ4v) is 3.04. The van der Waals surface area contributed by atoms with Gasteiger partial charge in [0.2, 0.25) is 0 Å². The first kappa shape index (κ1) is 25.5. The number of hydrogen-bond acceptors (Lipinski definition) is 4. The molecule has 0 aliphatic carbocycles. The predicted octanol–water partition coefficient (Wildman–Crippen LogP) is 4.35. The molecule has 2 amide bonds.